The second-order valence-electron chi connectivity index (χ2n) is 4.86. The minimum Gasteiger partial charge on any atom is -0.398 e. The molecule has 8 heteroatoms. The van der Waals surface area contributed by atoms with Crippen molar-refractivity contribution in [3.63, 3.8) is 0 Å². The predicted octanol–water partition coefficient (Wildman–Crippen LogP) is 1.40. The van der Waals surface area contributed by atoms with Crippen molar-refractivity contribution in [3.05, 3.63) is 35.4 Å². The zero-order valence-electron chi connectivity index (χ0n) is 11.9. The van der Waals surface area contributed by atoms with Crippen molar-refractivity contribution in [2.45, 2.75) is 13.8 Å². The van der Waals surface area contributed by atoms with E-state index in [-0.39, 0.29) is 5.82 Å². The Morgan fingerprint density at radius 2 is 2.00 bits per heavy atom. The van der Waals surface area contributed by atoms with Crippen LogP contribution in [-0.2, 0) is 7.05 Å². The Bertz CT molecular complexity index is 795. The van der Waals surface area contributed by atoms with Gasteiger partial charge in [0.1, 0.15) is 11.5 Å². The van der Waals surface area contributed by atoms with Crippen LogP contribution in [0.25, 0.3) is 17.1 Å². The molecule has 1 aromatic carbocycles. The van der Waals surface area contributed by atoms with Gasteiger partial charge in [-0.15, -0.1) is 5.10 Å². The van der Waals surface area contributed by atoms with Gasteiger partial charge in [-0.05, 0) is 36.4 Å². The van der Waals surface area contributed by atoms with Crippen LogP contribution >= 0.6 is 0 Å². The molecule has 0 bridgehead atoms. The monoisotopic (exact) mass is 287 g/mol. The molecule has 0 unspecified atom stereocenters. The molecule has 2 N–H and O–H groups in total. The van der Waals surface area contributed by atoms with Gasteiger partial charge in [0.05, 0.1) is 11.9 Å². The normalized spacial score (nSPS) is 11.0. The maximum atomic E-state index is 13.9. The number of nitrogens with zero attached hydrogens (tertiary/aromatic N) is 6. The summed E-state index contributed by atoms with van der Waals surface area (Å²) in [5, 5.41) is 15.8. The van der Waals surface area contributed by atoms with E-state index < -0.39 is 0 Å². The summed E-state index contributed by atoms with van der Waals surface area (Å²) in [6.07, 6.45) is 1.79. The summed E-state index contributed by atoms with van der Waals surface area (Å²) >= 11 is 0. The lowest BCUT2D eigenvalue weighted by Crippen LogP contribution is -2.02. The molecule has 3 aromatic rings. The molecular formula is C13H14FN7. The first-order valence-corrected chi connectivity index (χ1v) is 6.32. The standard InChI is InChI=1S/C13H14FN7/c1-7-10(14)4-9(5-11(7)15)13-16-18-19-21(13)12-6-20(3)17-8(12)2/h4-6H,15H2,1-3H3. The van der Waals surface area contributed by atoms with Crippen LogP contribution in [0.1, 0.15) is 11.3 Å². The van der Waals surface area contributed by atoms with E-state index in [0.29, 0.717) is 22.6 Å². The van der Waals surface area contributed by atoms with E-state index in [1.165, 1.54) is 10.7 Å². The van der Waals surface area contributed by atoms with Gasteiger partial charge in [0.25, 0.3) is 0 Å². The first-order valence-electron chi connectivity index (χ1n) is 6.32. The molecule has 0 aliphatic heterocycles. The van der Waals surface area contributed by atoms with Crippen molar-refractivity contribution < 1.29 is 4.39 Å². The first-order chi connectivity index (χ1) is 9.97. The average molecular weight is 287 g/mol. The lowest BCUT2D eigenvalue weighted by atomic mass is 10.1. The second kappa shape index (κ2) is 4.65. The molecule has 108 valence electrons. The van der Waals surface area contributed by atoms with Crippen molar-refractivity contribution in [2.24, 2.45) is 7.05 Å². The summed E-state index contributed by atoms with van der Waals surface area (Å²) in [5.41, 5.74) is 8.61. The highest BCUT2D eigenvalue weighted by Crippen LogP contribution is 2.26. The number of aromatic nitrogens is 6. The SMILES string of the molecule is Cc1nn(C)cc1-n1nnnc1-c1cc(N)c(C)c(F)c1. The third-order valence-electron chi connectivity index (χ3n) is 3.33. The van der Waals surface area contributed by atoms with Gasteiger partial charge in [-0.2, -0.15) is 9.78 Å². The summed E-state index contributed by atoms with van der Waals surface area (Å²) in [6, 6.07) is 3.03. The molecule has 7 nitrogen and oxygen atoms in total. The quantitative estimate of drug-likeness (QED) is 0.720. The molecule has 0 spiro atoms. The number of halogens is 1. The summed E-state index contributed by atoms with van der Waals surface area (Å²) in [4.78, 5) is 0. The number of aryl methyl sites for hydroxylation is 2. The first kappa shape index (κ1) is 13.2. The van der Waals surface area contributed by atoms with Crippen molar-refractivity contribution in [2.75, 3.05) is 5.73 Å². The molecule has 0 fully saturated rings. The van der Waals surface area contributed by atoms with Crippen LogP contribution in [-0.4, -0.2) is 30.0 Å². The fourth-order valence-corrected chi connectivity index (χ4v) is 2.15. The maximum absolute atomic E-state index is 13.9. The van der Waals surface area contributed by atoms with Crippen LogP contribution in [0.5, 0.6) is 0 Å². The largest absolute Gasteiger partial charge is 0.398 e. The van der Waals surface area contributed by atoms with Gasteiger partial charge in [-0.25, -0.2) is 4.39 Å². The third kappa shape index (κ3) is 2.14. The van der Waals surface area contributed by atoms with Crippen molar-refractivity contribution in [1.29, 1.82) is 0 Å². The Morgan fingerprint density at radius 3 is 2.62 bits per heavy atom. The summed E-state index contributed by atoms with van der Waals surface area (Å²) in [7, 11) is 1.81. The Kier molecular flexibility index (Phi) is 2.93. The number of anilines is 1. The fourth-order valence-electron chi connectivity index (χ4n) is 2.15. The predicted molar refractivity (Wildman–Crippen MR) is 75.2 cm³/mol. The summed E-state index contributed by atoms with van der Waals surface area (Å²) in [5.74, 6) is 0.0270. The lowest BCUT2D eigenvalue weighted by molar-refractivity contribution is 0.619. The van der Waals surface area contributed by atoms with Gasteiger partial charge in [0, 0.05) is 23.9 Å². The Hall–Kier alpha value is -2.77. The molecule has 0 radical (unpaired) electrons. The zero-order valence-corrected chi connectivity index (χ0v) is 11.9. The van der Waals surface area contributed by atoms with Gasteiger partial charge < -0.3 is 5.73 Å². The third-order valence-corrected chi connectivity index (χ3v) is 3.33. The highest BCUT2D eigenvalue weighted by atomic mass is 19.1. The number of hydrogen-bond donors (Lipinski definition) is 1. The molecule has 0 aliphatic carbocycles. The lowest BCUT2D eigenvalue weighted by Gasteiger charge is -2.07. The Labute approximate surface area is 120 Å². The highest BCUT2D eigenvalue weighted by Gasteiger charge is 2.16. The van der Waals surface area contributed by atoms with Crippen LogP contribution in [0.2, 0.25) is 0 Å². The molecular weight excluding hydrogens is 273 g/mol. The van der Waals surface area contributed by atoms with Crippen molar-refractivity contribution >= 4 is 5.69 Å². The second-order valence-corrected chi connectivity index (χ2v) is 4.86. The van der Waals surface area contributed by atoms with Gasteiger partial charge >= 0.3 is 0 Å². The van der Waals surface area contributed by atoms with Gasteiger partial charge in [-0.3, -0.25) is 4.68 Å². The minimum atomic E-state index is -0.387. The molecule has 21 heavy (non-hydrogen) atoms. The van der Waals surface area contributed by atoms with Crippen LogP contribution in [0.15, 0.2) is 18.3 Å². The van der Waals surface area contributed by atoms with Gasteiger partial charge in [-0.1, -0.05) is 0 Å². The van der Waals surface area contributed by atoms with Gasteiger partial charge in [0.15, 0.2) is 5.82 Å². The van der Waals surface area contributed by atoms with E-state index in [0.717, 1.165) is 11.4 Å². The van der Waals surface area contributed by atoms with Crippen LogP contribution in [0, 0.1) is 19.7 Å². The van der Waals surface area contributed by atoms with Crippen LogP contribution in [0.3, 0.4) is 0 Å². The van der Waals surface area contributed by atoms with E-state index >= 15 is 0 Å². The number of benzene rings is 1. The van der Waals surface area contributed by atoms with E-state index in [2.05, 4.69) is 20.6 Å². The molecule has 2 aromatic heterocycles. The molecule has 0 saturated heterocycles. The highest BCUT2D eigenvalue weighted by molar-refractivity contribution is 5.65. The maximum Gasteiger partial charge on any atom is 0.187 e. The number of rotatable bonds is 2. The van der Waals surface area contributed by atoms with Crippen molar-refractivity contribution in [3.8, 4) is 17.1 Å². The van der Waals surface area contributed by atoms with E-state index in [9.17, 15) is 4.39 Å². The molecule has 0 aliphatic rings. The number of nitrogen functional groups attached to an aromatic ring is 1. The molecule has 0 atom stereocenters. The van der Waals surface area contributed by atoms with Gasteiger partial charge in [0.2, 0.25) is 0 Å². The minimum absolute atomic E-state index is 0.363. The molecule has 3 rings (SSSR count). The van der Waals surface area contributed by atoms with E-state index in [1.807, 2.05) is 14.0 Å². The summed E-state index contributed by atoms with van der Waals surface area (Å²) in [6.45, 7) is 3.48. The molecule has 2 heterocycles. The molecule has 0 amide bonds. The van der Waals surface area contributed by atoms with Crippen LogP contribution in [0.4, 0.5) is 10.1 Å². The van der Waals surface area contributed by atoms with Crippen LogP contribution < -0.4 is 5.73 Å². The number of nitrogens with two attached hydrogens (primary N) is 1. The smallest absolute Gasteiger partial charge is 0.187 e. The number of tetrazole rings is 1. The Balaban J connectivity index is 2.18. The topological polar surface area (TPSA) is 87.4 Å². The average Bonchev–Trinajstić information content (AvgIpc) is 3.01. The van der Waals surface area contributed by atoms with E-state index in [1.54, 1.807) is 23.9 Å². The van der Waals surface area contributed by atoms with Crippen molar-refractivity contribution in [1.82, 2.24) is 30.0 Å². The summed E-state index contributed by atoms with van der Waals surface area (Å²) < 4.78 is 17.1. The fraction of sp³-hybridized carbons (Fsp3) is 0.231. The Morgan fingerprint density at radius 1 is 1.24 bits per heavy atom. The zero-order chi connectivity index (χ0) is 15.1. The molecule has 0 saturated carbocycles. The van der Waals surface area contributed by atoms with E-state index in [4.69, 9.17) is 5.73 Å². The number of hydrogen-bond acceptors (Lipinski definition) is 5.